The molecule has 0 heterocycles. The summed E-state index contributed by atoms with van der Waals surface area (Å²) in [5.41, 5.74) is 3.96. The molecule has 3 nitrogen and oxygen atoms in total. The van der Waals surface area contributed by atoms with Crippen molar-refractivity contribution in [1.29, 1.82) is 0 Å². The van der Waals surface area contributed by atoms with Gasteiger partial charge in [0.1, 0.15) is 0 Å². The second-order valence-corrected chi connectivity index (χ2v) is 5.42. The fraction of sp³-hybridized carbons (Fsp3) is 0.647. The van der Waals surface area contributed by atoms with Gasteiger partial charge in [-0.3, -0.25) is 0 Å². The molecule has 1 rings (SSSR count). The minimum Gasteiger partial charge on any atom is -0.382 e. The molecule has 20 heavy (non-hydrogen) atoms. The molecule has 0 aromatic heterocycles. The predicted molar refractivity (Wildman–Crippen MR) is 87.8 cm³/mol. The number of rotatable bonds is 10. The Kier molecular flexibility index (Phi) is 8.31. The van der Waals surface area contributed by atoms with Crippen molar-refractivity contribution in [2.24, 2.45) is 0 Å². The average Bonchev–Trinajstić information content (AvgIpc) is 2.40. The van der Waals surface area contributed by atoms with Gasteiger partial charge in [-0.05, 0) is 63.4 Å². The lowest BCUT2D eigenvalue weighted by Gasteiger charge is -2.20. The number of likely N-dealkylation sites (N-methyl/N-ethyl adjacent to an activating group) is 1. The molecule has 0 spiro atoms. The summed E-state index contributed by atoms with van der Waals surface area (Å²) < 4.78 is 5.32. The lowest BCUT2D eigenvalue weighted by molar-refractivity contribution is 0.143. The molecular formula is C17H30N2O. The Labute approximate surface area is 124 Å². The maximum Gasteiger partial charge on any atom is 0.0466 e. The predicted octanol–water partition coefficient (Wildman–Crippen LogP) is 3.15. The van der Waals surface area contributed by atoms with Crippen LogP contribution < -0.4 is 10.2 Å². The summed E-state index contributed by atoms with van der Waals surface area (Å²) in [4.78, 5) is 2.31. The monoisotopic (exact) mass is 278 g/mol. The first-order valence-corrected chi connectivity index (χ1v) is 7.71. The molecule has 0 aliphatic carbocycles. The smallest absolute Gasteiger partial charge is 0.0466 e. The van der Waals surface area contributed by atoms with Gasteiger partial charge in [0, 0.05) is 39.0 Å². The zero-order valence-electron chi connectivity index (χ0n) is 13.5. The number of nitrogens with one attached hydrogen (secondary N) is 1. The van der Waals surface area contributed by atoms with Gasteiger partial charge in [0.25, 0.3) is 0 Å². The molecule has 0 atom stereocenters. The van der Waals surface area contributed by atoms with Gasteiger partial charge in [-0.2, -0.15) is 0 Å². The molecule has 0 aliphatic heterocycles. The molecule has 0 saturated carbocycles. The number of benzene rings is 1. The van der Waals surface area contributed by atoms with Crippen LogP contribution in [0.25, 0.3) is 0 Å². The second-order valence-electron chi connectivity index (χ2n) is 5.42. The zero-order valence-corrected chi connectivity index (χ0v) is 13.5. The number of ether oxygens (including phenoxy) is 1. The van der Waals surface area contributed by atoms with Crippen LogP contribution in [0, 0.1) is 13.8 Å². The quantitative estimate of drug-likeness (QED) is 0.665. The third-order valence-corrected chi connectivity index (χ3v) is 3.37. The van der Waals surface area contributed by atoms with Crippen LogP contribution in [-0.4, -0.2) is 39.9 Å². The summed E-state index contributed by atoms with van der Waals surface area (Å²) in [5, 5.41) is 3.49. The number of nitrogens with zero attached hydrogens (tertiary/aromatic N) is 1. The van der Waals surface area contributed by atoms with Crippen LogP contribution in [0.4, 0.5) is 5.69 Å². The van der Waals surface area contributed by atoms with Gasteiger partial charge in [0.2, 0.25) is 0 Å². The highest BCUT2D eigenvalue weighted by atomic mass is 16.5. The Morgan fingerprint density at radius 1 is 1.05 bits per heavy atom. The van der Waals surface area contributed by atoms with Crippen molar-refractivity contribution in [3.05, 3.63) is 29.3 Å². The van der Waals surface area contributed by atoms with E-state index in [2.05, 4.69) is 49.3 Å². The van der Waals surface area contributed by atoms with E-state index < -0.39 is 0 Å². The molecule has 0 unspecified atom stereocenters. The molecule has 1 N–H and O–H groups in total. The molecule has 1 aromatic carbocycles. The first kappa shape index (κ1) is 17.0. The van der Waals surface area contributed by atoms with E-state index >= 15 is 0 Å². The van der Waals surface area contributed by atoms with Gasteiger partial charge < -0.3 is 15.0 Å². The summed E-state index contributed by atoms with van der Waals surface area (Å²) in [5.74, 6) is 0. The number of hydrogen-bond donors (Lipinski definition) is 1. The van der Waals surface area contributed by atoms with Crippen LogP contribution in [0.3, 0.4) is 0 Å². The summed E-state index contributed by atoms with van der Waals surface area (Å²) in [6, 6.07) is 6.71. The van der Waals surface area contributed by atoms with Crippen molar-refractivity contribution < 1.29 is 4.74 Å². The normalized spacial score (nSPS) is 10.8. The highest BCUT2D eigenvalue weighted by molar-refractivity contribution is 5.50. The molecular weight excluding hydrogens is 248 g/mol. The Balaban J connectivity index is 2.15. The molecule has 1 aromatic rings. The Morgan fingerprint density at radius 2 is 1.75 bits per heavy atom. The van der Waals surface area contributed by atoms with Gasteiger partial charge in [-0.1, -0.05) is 6.07 Å². The highest BCUT2D eigenvalue weighted by Crippen LogP contribution is 2.16. The summed E-state index contributed by atoms with van der Waals surface area (Å²) >= 11 is 0. The van der Waals surface area contributed by atoms with E-state index in [1.807, 2.05) is 6.92 Å². The number of aryl methyl sites for hydroxylation is 2. The van der Waals surface area contributed by atoms with Gasteiger partial charge in [0.15, 0.2) is 0 Å². The molecule has 0 radical (unpaired) electrons. The fourth-order valence-corrected chi connectivity index (χ4v) is 2.27. The van der Waals surface area contributed by atoms with E-state index in [0.717, 1.165) is 39.3 Å². The van der Waals surface area contributed by atoms with E-state index in [1.54, 1.807) is 0 Å². The Morgan fingerprint density at radius 3 is 2.40 bits per heavy atom. The molecule has 0 bridgehead atoms. The van der Waals surface area contributed by atoms with Crippen LogP contribution in [0.15, 0.2) is 18.2 Å². The van der Waals surface area contributed by atoms with Crippen molar-refractivity contribution in [2.75, 3.05) is 44.8 Å². The summed E-state index contributed by atoms with van der Waals surface area (Å²) in [6.45, 7) is 11.2. The van der Waals surface area contributed by atoms with E-state index in [1.165, 1.54) is 23.2 Å². The van der Waals surface area contributed by atoms with Crippen molar-refractivity contribution in [3.63, 3.8) is 0 Å². The minimum atomic E-state index is 0.828. The summed E-state index contributed by atoms with van der Waals surface area (Å²) in [7, 11) is 2.16. The van der Waals surface area contributed by atoms with Gasteiger partial charge in [0.05, 0.1) is 0 Å². The van der Waals surface area contributed by atoms with Crippen LogP contribution in [0.5, 0.6) is 0 Å². The molecule has 0 amide bonds. The number of anilines is 1. The SMILES string of the molecule is CCOCCCCNCCN(C)c1cc(C)cc(C)c1. The lowest BCUT2D eigenvalue weighted by atomic mass is 10.1. The van der Waals surface area contributed by atoms with Crippen molar-refractivity contribution in [3.8, 4) is 0 Å². The van der Waals surface area contributed by atoms with Gasteiger partial charge >= 0.3 is 0 Å². The van der Waals surface area contributed by atoms with E-state index in [4.69, 9.17) is 4.74 Å². The first-order chi connectivity index (χ1) is 9.63. The topological polar surface area (TPSA) is 24.5 Å². The molecule has 0 aliphatic rings. The molecule has 0 fully saturated rings. The second kappa shape index (κ2) is 9.78. The standard InChI is InChI=1S/C17H30N2O/c1-5-20-11-7-6-8-18-9-10-19(4)17-13-15(2)12-16(3)14-17/h12-14,18H,5-11H2,1-4H3. The average molecular weight is 278 g/mol. The van der Waals surface area contributed by atoms with Gasteiger partial charge in [-0.15, -0.1) is 0 Å². The minimum absolute atomic E-state index is 0.828. The van der Waals surface area contributed by atoms with E-state index in [9.17, 15) is 0 Å². The largest absolute Gasteiger partial charge is 0.382 e. The van der Waals surface area contributed by atoms with Gasteiger partial charge in [-0.25, -0.2) is 0 Å². The van der Waals surface area contributed by atoms with Crippen LogP contribution in [-0.2, 0) is 4.74 Å². The van der Waals surface area contributed by atoms with Crippen molar-refractivity contribution in [1.82, 2.24) is 5.32 Å². The van der Waals surface area contributed by atoms with Crippen LogP contribution in [0.1, 0.15) is 30.9 Å². The van der Waals surface area contributed by atoms with Crippen molar-refractivity contribution in [2.45, 2.75) is 33.6 Å². The first-order valence-electron chi connectivity index (χ1n) is 7.71. The van der Waals surface area contributed by atoms with E-state index in [0.29, 0.717) is 0 Å². The summed E-state index contributed by atoms with van der Waals surface area (Å²) in [6.07, 6.45) is 2.33. The van der Waals surface area contributed by atoms with E-state index in [-0.39, 0.29) is 0 Å². The van der Waals surface area contributed by atoms with Crippen LogP contribution >= 0.6 is 0 Å². The lowest BCUT2D eigenvalue weighted by Crippen LogP contribution is -2.29. The Hall–Kier alpha value is -1.06. The highest BCUT2D eigenvalue weighted by Gasteiger charge is 2.01. The number of unbranched alkanes of at least 4 members (excludes halogenated alkanes) is 1. The molecule has 3 heteroatoms. The maximum atomic E-state index is 5.32. The number of hydrogen-bond acceptors (Lipinski definition) is 3. The Bertz CT molecular complexity index is 359. The fourth-order valence-electron chi connectivity index (χ4n) is 2.27. The third-order valence-electron chi connectivity index (χ3n) is 3.37. The molecule has 0 saturated heterocycles. The third kappa shape index (κ3) is 6.92. The zero-order chi connectivity index (χ0) is 14.8. The molecule has 114 valence electrons. The van der Waals surface area contributed by atoms with Crippen LogP contribution in [0.2, 0.25) is 0 Å². The van der Waals surface area contributed by atoms with Crippen molar-refractivity contribution >= 4 is 5.69 Å². The maximum absolute atomic E-state index is 5.32.